The SMILES string of the molecule is COC(=O)C(C)(C)c1ccc2c(c1)c(=O)[nH]c(=O)n2CCCCN1CCC(OC(c2ccccc2)c2ccccc2)CC1.Cl. The second-order valence-electron chi connectivity index (χ2n) is 11.8. The molecule has 2 heterocycles. The molecule has 0 saturated carbocycles. The van der Waals surface area contributed by atoms with Crippen LogP contribution >= 0.6 is 12.4 Å². The van der Waals surface area contributed by atoms with Gasteiger partial charge >= 0.3 is 11.7 Å². The predicted molar refractivity (Wildman–Crippen MR) is 176 cm³/mol. The minimum atomic E-state index is -0.918. The Morgan fingerprint density at radius 3 is 2.09 bits per heavy atom. The maximum absolute atomic E-state index is 12.7. The van der Waals surface area contributed by atoms with Crippen LogP contribution < -0.4 is 11.2 Å². The lowest BCUT2D eigenvalue weighted by Gasteiger charge is -2.34. The lowest BCUT2D eigenvalue weighted by atomic mass is 9.84. The quantitative estimate of drug-likeness (QED) is 0.173. The fourth-order valence-corrected chi connectivity index (χ4v) is 5.95. The predicted octanol–water partition coefficient (Wildman–Crippen LogP) is 5.61. The molecule has 1 saturated heterocycles. The van der Waals surface area contributed by atoms with Gasteiger partial charge in [-0.25, -0.2) is 4.79 Å². The molecule has 3 aromatic carbocycles. The van der Waals surface area contributed by atoms with Crippen molar-refractivity contribution in [2.45, 2.75) is 63.7 Å². The summed E-state index contributed by atoms with van der Waals surface area (Å²) in [4.78, 5) is 42.6. The number of halogens is 1. The van der Waals surface area contributed by atoms with Gasteiger partial charge in [0.25, 0.3) is 5.56 Å². The van der Waals surface area contributed by atoms with Crippen molar-refractivity contribution in [2.24, 2.45) is 0 Å². The number of piperidine rings is 1. The first-order chi connectivity index (χ1) is 20.8. The maximum Gasteiger partial charge on any atom is 0.328 e. The van der Waals surface area contributed by atoms with Crippen molar-refractivity contribution in [1.29, 1.82) is 0 Å². The van der Waals surface area contributed by atoms with E-state index in [4.69, 9.17) is 9.47 Å². The highest BCUT2D eigenvalue weighted by molar-refractivity contribution is 5.86. The molecular weight excluding hydrogens is 578 g/mol. The minimum absolute atomic E-state index is 0. The summed E-state index contributed by atoms with van der Waals surface area (Å²) >= 11 is 0. The van der Waals surface area contributed by atoms with Gasteiger partial charge in [0.2, 0.25) is 0 Å². The number of unbranched alkanes of at least 4 members (excludes halogenated alkanes) is 1. The first-order valence-corrected chi connectivity index (χ1v) is 15.1. The third-order valence-corrected chi connectivity index (χ3v) is 8.59. The number of nitrogens with zero attached hydrogens (tertiary/aromatic N) is 2. The fourth-order valence-electron chi connectivity index (χ4n) is 5.95. The molecule has 0 spiro atoms. The van der Waals surface area contributed by atoms with E-state index in [1.54, 1.807) is 36.6 Å². The van der Waals surface area contributed by atoms with Crippen LogP contribution in [0.5, 0.6) is 0 Å². The Hall–Kier alpha value is -3.72. The molecule has 0 radical (unpaired) electrons. The summed E-state index contributed by atoms with van der Waals surface area (Å²) in [6.07, 6.45) is 3.81. The van der Waals surface area contributed by atoms with E-state index >= 15 is 0 Å². The van der Waals surface area contributed by atoms with Gasteiger partial charge in [-0.2, -0.15) is 0 Å². The van der Waals surface area contributed by atoms with E-state index in [2.05, 4.69) is 58.4 Å². The number of carbonyl (C=O) groups excluding carboxylic acids is 1. The van der Waals surface area contributed by atoms with Crippen molar-refractivity contribution in [3.05, 3.63) is 116 Å². The number of aryl methyl sites for hydroxylation is 1. The molecule has 0 amide bonds. The number of rotatable bonds is 11. The molecule has 5 rings (SSSR count). The van der Waals surface area contributed by atoms with Gasteiger partial charge in [-0.05, 0) is 74.9 Å². The van der Waals surface area contributed by atoms with Crippen LogP contribution in [0.4, 0.5) is 0 Å². The molecule has 0 bridgehead atoms. The van der Waals surface area contributed by atoms with Gasteiger partial charge in [0.05, 0.1) is 29.5 Å². The average Bonchev–Trinajstić information content (AvgIpc) is 3.04. The number of carbonyl (C=O) groups is 1. The van der Waals surface area contributed by atoms with Crippen LogP contribution in [0.1, 0.15) is 62.3 Å². The largest absolute Gasteiger partial charge is 0.468 e. The second kappa shape index (κ2) is 14.8. The molecule has 1 aromatic heterocycles. The number of ether oxygens (including phenoxy) is 2. The molecule has 9 heteroatoms. The Balaban J connectivity index is 0.00000442. The fraction of sp³-hybridized carbons (Fsp3) is 0.400. The van der Waals surface area contributed by atoms with Crippen molar-refractivity contribution in [1.82, 2.24) is 14.5 Å². The van der Waals surface area contributed by atoms with E-state index in [0.717, 1.165) is 45.3 Å². The highest BCUT2D eigenvalue weighted by atomic mass is 35.5. The number of hydrogen-bond donors (Lipinski definition) is 1. The normalized spacial score (nSPS) is 14.5. The molecule has 8 nitrogen and oxygen atoms in total. The van der Waals surface area contributed by atoms with E-state index in [-0.39, 0.29) is 30.6 Å². The van der Waals surface area contributed by atoms with Crippen molar-refractivity contribution >= 4 is 29.3 Å². The first kappa shape index (κ1) is 33.2. The molecule has 1 aliphatic heterocycles. The molecule has 1 fully saturated rings. The lowest BCUT2D eigenvalue weighted by Crippen LogP contribution is -2.38. The monoisotopic (exact) mass is 619 g/mol. The number of aromatic amines is 1. The second-order valence-corrected chi connectivity index (χ2v) is 11.8. The number of nitrogens with one attached hydrogen (secondary N) is 1. The van der Waals surface area contributed by atoms with Crippen LogP contribution in [-0.2, 0) is 26.2 Å². The van der Waals surface area contributed by atoms with Gasteiger partial charge in [-0.1, -0.05) is 66.7 Å². The minimum Gasteiger partial charge on any atom is -0.468 e. The van der Waals surface area contributed by atoms with E-state index in [9.17, 15) is 14.4 Å². The Kier molecular flexibility index (Phi) is 11.2. The molecule has 1 aliphatic rings. The maximum atomic E-state index is 12.7. The highest BCUT2D eigenvalue weighted by Gasteiger charge is 2.31. The van der Waals surface area contributed by atoms with Gasteiger partial charge in [0, 0.05) is 19.6 Å². The number of hydrogen-bond acceptors (Lipinski definition) is 6. The van der Waals surface area contributed by atoms with Crippen molar-refractivity contribution in [2.75, 3.05) is 26.7 Å². The molecule has 0 unspecified atom stereocenters. The molecule has 0 aliphatic carbocycles. The Labute approximate surface area is 264 Å². The van der Waals surface area contributed by atoms with Crippen LogP contribution in [0.3, 0.4) is 0 Å². The van der Waals surface area contributed by atoms with E-state index in [0.29, 0.717) is 23.0 Å². The average molecular weight is 620 g/mol. The highest BCUT2D eigenvalue weighted by Crippen LogP contribution is 2.30. The van der Waals surface area contributed by atoms with Crippen molar-refractivity contribution in [3.8, 4) is 0 Å². The standard InChI is InChI=1S/C35H41N3O5.ClH/c1-35(2,33(40)42-3)27-16-17-30-29(24-27)32(39)36-34(41)38(30)21-11-10-20-37-22-18-28(19-23-37)43-31(25-12-6-4-7-13-25)26-14-8-5-9-15-26;/h4-9,12-17,24,28,31H,10-11,18-23H2,1-3H3,(H,36,39,41);1H. The summed E-state index contributed by atoms with van der Waals surface area (Å²) in [7, 11) is 1.35. The zero-order valence-corrected chi connectivity index (χ0v) is 26.5. The molecular formula is C35H42ClN3O5. The molecule has 1 N–H and O–H groups in total. The third-order valence-electron chi connectivity index (χ3n) is 8.59. The number of esters is 1. The zero-order chi connectivity index (χ0) is 30.4. The summed E-state index contributed by atoms with van der Waals surface area (Å²) in [6, 6.07) is 26.1. The first-order valence-electron chi connectivity index (χ1n) is 15.1. The number of H-pyrrole nitrogens is 1. The molecule has 0 atom stereocenters. The van der Waals surface area contributed by atoms with Crippen LogP contribution in [0.25, 0.3) is 10.9 Å². The Morgan fingerprint density at radius 1 is 0.909 bits per heavy atom. The topological polar surface area (TPSA) is 93.6 Å². The summed E-state index contributed by atoms with van der Waals surface area (Å²) < 4.78 is 13.3. The van der Waals surface area contributed by atoms with Crippen LogP contribution in [0.15, 0.2) is 88.5 Å². The van der Waals surface area contributed by atoms with Gasteiger partial charge in [-0.15, -0.1) is 12.4 Å². The van der Waals surface area contributed by atoms with Crippen LogP contribution in [0.2, 0.25) is 0 Å². The summed E-state index contributed by atoms with van der Waals surface area (Å²) in [5, 5.41) is 0.389. The lowest BCUT2D eigenvalue weighted by molar-refractivity contribution is -0.146. The molecule has 44 heavy (non-hydrogen) atoms. The number of likely N-dealkylation sites (tertiary alicyclic amines) is 1. The van der Waals surface area contributed by atoms with Gasteiger partial charge in [0.1, 0.15) is 6.10 Å². The van der Waals surface area contributed by atoms with Crippen LogP contribution in [0, 0.1) is 0 Å². The Bertz CT molecular complexity index is 1600. The summed E-state index contributed by atoms with van der Waals surface area (Å²) in [6.45, 7) is 6.90. The van der Waals surface area contributed by atoms with Crippen LogP contribution in [-0.4, -0.2) is 53.3 Å². The van der Waals surface area contributed by atoms with Gasteiger partial charge < -0.3 is 14.4 Å². The Morgan fingerprint density at radius 2 is 1.50 bits per heavy atom. The van der Waals surface area contributed by atoms with E-state index < -0.39 is 16.7 Å². The smallest absolute Gasteiger partial charge is 0.328 e. The van der Waals surface area contributed by atoms with E-state index in [1.807, 2.05) is 12.1 Å². The number of benzene rings is 3. The van der Waals surface area contributed by atoms with Gasteiger partial charge in [0.15, 0.2) is 0 Å². The van der Waals surface area contributed by atoms with Gasteiger partial charge in [-0.3, -0.25) is 19.1 Å². The van der Waals surface area contributed by atoms with Crippen molar-refractivity contribution in [3.63, 3.8) is 0 Å². The van der Waals surface area contributed by atoms with Crippen molar-refractivity contribution < 1.29 is 14.3 Å². The number of fused-ring (bicyclic) bond motifs is 1. The molecule has 4 aromatic rings. The summed E-state index contributed by atoms with van der Waals surface area (Å²) in [5.41, 5.74) is 1.79. The zero-order valence-electron chi connectivity index (χ0n) is 25.7. The third kappa shape index (κ3) is 7.49. The summed E-state index contributed by atoms with van der Waals surface area (Å²) in [5.74, 6) is -0.389. The molecule has 234 valence electrons. The number of aromatic nitrogens is 2. The van der Waals surface area contributed by atoms with E-state index in [1.165, 1.54) is 18.2 Å². The number of methoxy groups -OCH3 is 1.